The maximum absolute atomic E-state index is 5.37. The van der Waals surface area contributed by atoms with E-state index >= 15 is 0 Å². The summed E-state index contributed by atoms with van der Waals surface area (Å²) < 4.78 is 4.12. The predicted molar refractivity (Wildman–Crippen MR) is 227 cm³/mol. The number of fused-ring (bicyclic) bond motifs is 9. The Morgan fingerprint density at radius 2 is 0.895 bits per heavy atom. The molecule has 0 saturated heterocycles. The molecule has 0 atom stereocenters. The third-order valence-corrected chi connectivity index (χ3v) is 11.6. The van der Waals surface area contributed by atoms with E-state index in [-0.39, 0.29) is 0 Å². The molecule has 0 amide bonds. The van der Waals surface area contributed by atoms with Gasteiger partial charge in [0.1, 0.15) is 11.3 Å². The second-order valence-corrected chi connectivity index (χ2v) is 14.5. The molecule has 57 heavy (non-hydrogen) atoms. The summed E-state index contributed by atoms with van der Waals surface area (Å²) in [7, 11) is 0. The molecule has 6 aromatic carbocycles. The Hall–Kier alpha value is -7.77. The molecule has 7 heteroatoms. The van der Waals surface area contributed by atoms with Gasteiger partial charge in [-0.05, 0) is 75.8 Å². The Bertz CT molecular complexity index is 3090. The van der Waals surface area contributed by atoms with Crippen LogP contribution in [-0.4, -0.2) is 34.1 Å². The SMILES string of the molecule is c1ccc(C2(c3ccccc3)c3ccccc3-c3ccc(-c4nc(-n5c6ccccc6c6ccccc65)nc(-n5c6ncccc6c6cccnc65)n4)cc32)cc1. The van der Waals surface area contributed by atoms with Crippen molar-refractivity contribution >= 4 is 43.9 Å². The van der Waals surface area contributed by atoms with E-state index in [1.165, 1.54) is 33.4 Å². The highest BCUT2D eigenvalue weighted by atomic mass is 15.3. The molecule has 0 bridgehead atoms. The van der Waals surface area contributed by atoms with Crippen molar-refractivity contribution in [3.8, 4) is 34.4 Å². The molecule has 5 aromatic heterocycles. The van der Waals surface area contributed by atoms with Crippen LogP contribution in [-0.2, 0) is 5.41 Å². The fraction of sp³-hybridized carbons (Fsp3) is 0.0200. The molecule has 0 fully saturated rings. The Kier molecular flexibility index (Phi) is 6.71. The van der Waals surface area contributed by atoms with Crippen LogP contribution in [0.15, 0.2) is 188 Å². The van der Waals surface area contributed by atoms with E-state index in [9.17, 15) is 0 Å². The molecule has 0 aliphatic heterocycles. The average Bonchev–Trinajstić information content (AvgIpc) is 3.91. The van der Waals surface area contributed by atoms with Gasteiger partial charge in [0, 0.05) is 39.5 Å². The van der Waals surface area contributed by atoms with Crippen LogP contribution in [0.4, 0.5) is 0 Å². The van der Waals surface area contributed by atoms with E-state index in [0.717, 1.165) is 49.4 Å². The summed E-state index contributed by atoms with van der Waals surface area (Å²) in [6.45, 7) is 0. The lowest BCUT2D eigenvalue weighted by Crippen LogP contribution is -2.28. The van der Waals surface area contributed by atoms with Gasteiger partial charge in [0.2, 0.25) is 11.9 Å². The maximum Gasteiger partial charge on any atom is 0.242 e. The number of aromatic nitrogens is 7. The summed E-state index contributed by atoms with van der Waals surface area (Å²) in [6.07, 6.45) is 3.61. The molecular formula is C50H31N7. The van der Waals surface area contributed by atoms with Crippen molar-refractivity contribution in [2.75, 3.05) is 0 Å². The van der Waals surface area contributed by atoms with Gasteiger partial charge in [0.15, 0.2) is 5.82 Å². The average molecular weight is 730 g/mol. The molecule has 1 aliphatic rings. The number of hydrogen-bond donors (Lipinski definition) is 0. The van der Waals surface area contributed by atoms with Gasteiger partial charge in [-0.15, -0.1) is 0 Å². The second-order valence-electron chi connectivity index (χ2n) is 14.5. The fourth-order valence-corrected chi connectivity index (χ4v) is 9.27. The standard InChI is InChI=1S/C50H31N7/c1-3-15-33(16-4-1)50(34-17-5-2-6-18-34)41-24-10-7-19-35(41)36-28-27-32(31-42(36)50)45-53-48(56-43-25-11-8-20-37(43)38-21-9-12-26-44(38)56)55-49(54-45)57-46-39(22-13-29-51-46)40-23-14-30-52-47(40)57/h1-31H. The first-order valence-electron chi connectivity index (χ1n) is 19.1. The zero-order valence-corrected chi connectivity index (χ0v) is 30.5. The van der Waals surface area contributed by atoms with Crippen molar-refractivity contribution in [2.24, 2.45) is 0 Å². The van der Waals surface area contributed by atoms with Gasteiger partial charge in [-0.3, -0.25) is 4.57 Å². The highest BCUT2D eigenvalue weighted by Gasteiger charge is 2.46. The third-order valence-electron chi connectivity index (χ3n) is 11.6. The first-order chi connectivity index (χ1) is 28.3. The van der Waals surface area contributed by atoms with Gasteiger partial charge in [0.25, 0.3) is 0 Å². The normalized spacial score (nSPS) is 13.1. The minimum Gasteiger partial charge on any atom is -0.278 e. The molecule has 11 aromatic rings. The first kappa shape index (κ1) is 31.6. The molecule has 5 heterocycles. The molecular weight excluding hydrogens is 699 g/mol. The lowest BCUT2D eigenvalue weighted by atomic mass is 9.67. The van der Waals surface area contributed by atoms with Crippen molar-refractivity contribution in [3.05, 3.63) is 211 Å². The van der Waals surface area contributed by atoms with Gasteiger partial charge >= 0.3 is 0 Å². The monoisotopic (exact) mass is 729 g/mol. The van der Waals surface area contributed by atoms with Crippen LogP contribution in [0.1, 0.15) is 22.3 Å². The summed E-state index contributed by atoms with van der Waals surface area (Å²) in [5.74, 6) is 1.50. The van der Waals surface area contributed by atoms with Gasteiger partial charge in [-0.1, -0.05) is 133 Å². The molecule has 0 saturated carbocycles. The van der Waals surface area contributed by atoms with Crippen LogP contribution in [0.3, 0.4) is 0 Å². The van der Waals surface area contributed by atoms with E-state index in [1.54, 1.807) is 12.4 Å². The molecule has 1 aliphatic carbocycles. The number of rotatable bonds is 5. The van der Waals surface area contributed by atoms with Crippen molar-refractivity contribution in [1.29, 1.82) is 0 Å². The Morgan fingerprint density at radius 1 is 0.386 bits per heavy atom. The van der Waals surface area contributed by atoms with E-state index in [2.05, 4.69) is 168 Å². The van der Waals surface area contributed by atoms with Crippen LogP contribution < -0.4 is 0 Å². The van der Waals surface area contributed by atoms with E-state index in [0.29, 0.717) is 17.7 Å². The first-order valence-corrected chi connectivity index (χ1v) is 19.1. The zero-order valence-electron chi connectivity index (χ0n) is 30.5. The smallest absolute Gasteiger partial charge is 0.242 e. The molecule has 0 N–H and O–H groups in total. The maximum atomic E-state index is 5.37. The highest BCUT2D eigenvalue weighted by molar-refractivity contribution is 6.09. The largest absolute Gasteiger partial charge is 0.278 e. The van der Waals surface area contributed by atoms with E-state index in [1.807, 2.05) is 16.7 Å². The summed E-state index contributed by atoms with van der Waals surface area (Å²) in [5.41, 5.74) is 11.0. The lowest BCUT2D eigenvalue weighted by molar-refractivity contribution is 0.768. The molecule has 12 rings (SSSR count). The molecule has 0 radical (unpaired) electrons. The third kappa shape index (κ3) is 4.45. The van der Waals surface area contributed by atoms with Crippen LogP contribution >= 0.6 is 0 Å². The molecule has 0 unspecified atom stereocenters. The molecule has 266 valence electrons. The van der Waals surface area contributed by atoms with Gasteiger partial charge < -0.3 is 0 Å². The van der Waals surface area contributed by atoms with Gasteiger partial charge in [-0.25, -0.2) is 14.5 Å². The Balaban J connectivity index is 1.18. The van der Waals surface area contributed by atoms with E-state index in [4.69, 9.17) is 24.9 Å². The van der Waals surface area contributed by atoms with Crippen LogP contribution in [0, 0.1) is 0 Å². The van der Waals surface area contributed by atoms with Gasteiger partial charge in [0.05, 0.1) is 16.4 Å². The van der Waals surface area contributed by atoms with Crippen LogP contribution in [0.5, 0.6) is 0 Å². The predicted octanol–water partition coefficient (Wildman–Crippen LogP) is 10.9. The number of pyridine rings is 2. The van der Waals surface area contributed by atoms with Crippen LogP contribution in [0.2, 0.25) is 0 Å². The zero-order chi connectivity index (χ0) is 37.5. The van der Waals surface area contributed by atoms with Crippen molar-refractivity contribution in [2.45, 2.75) is 5.41 Å². The minimum atomic E-state index is -0.573. The molecule has 7 nitrogen and oxygen atoms in total. The Morgan fingerprint density at radius 3 is 1.53 bits per heavy atom. The van der Waals surface area contributed by atoms with Gasteiger partial charge in [-0.2, -0.15) is 15.0 Å². The minimum absolute atomic E-state index is 0.440. The van der Waals surface area contributed by atoms with Crippen molar-refractivity contribution in [1.82, 2.24) is 34.1 Å². The topological polar surface area (TPSA) is 74.3 Å². The summed E-state index contributed by atoms with van der Waals surface area (Å²) in [6, 6.07) is 62.1. The number of hydrogen-bond acceptors (Lipinski definition) is 5. The molecule has 0 spiro atoms. The Labute approximate surface area is 327 Å². The van der Waals surface area contributed by atoms with E-state index < -0.39 is 5.41 Å². The quantitative estimate of drug-likeness (QED) is 0.176. The fourth-order valence-electron chi connectivity index (χ4n) is 9.27. The number of para-hydroxylation sites is 2. The van der Waals surface area contributed by atoms with Crippen LogP contribution in [0.25, 0.3) is 78.3 Å². The van der Waals surface area contributed by atoms with Crippen molar-refractivity contribution in [3.63, 3.8) is 0 Å². The number of nitrogens with zero attached hydrogens (tertiary/aromatic N) is 7. The highest BCUT2D eigenvalue weighted by Crippen LogP contribution is 2.56. The summed E-state index contributed by atoms with van der Waals surface area (Å²) in [5, 5.41) is 4.21. The second kappa shape index (κ2) is 12.1. The summed E-state index contributed by atoms with van der Waals surface area (Å²) in [4.78, 5) is 25.7. The van der Waals surface area contributed by atoms with Crippen molar-refractivity contribution < 1.29 is 0 Å². The number of benzene rings is 6. The lowest BCUT2D eigenvalue weighted by Gasteiger charge is -2.34. The summed E-state index contributed by atoms with van der Waals surface area (Å²) >= 11 is 0.